The van der Waals surface area contributed by atoms with Crippen molar-refractivity contribution < 1.29 is 13.2 Å². The lowest BCUT2D eigenvalue weighted by atomic mass is 9.82. The molecule has 1 spiro atoms. The topological polar surface area (TPSA) is 61.9 Å². The molecule has 0 saturated carbocycles. The highest BCUT2D eigenvalue weighted by atomic mass is 35.5. The summed E-state index contributed by atoms with van der Waals surface area (Å²) in [5.41, 5.74) is 1.12. The van der Waals surface area contributed by atoms with Crippen LogP contribution >= 0.6 is 24.8 Å². The number of benzene rings is 1. The lowest BCUT2D eigenvalue weighted by molar-refractivity contribution is -0.122. The monoisotopic (exact) mass is 465 g/mol. The molecule has 0 aromatic heterocycles. The van der Waals surface area contributed by atoms with Gasteiger partial charge in [-0.3, -0.25) is 4.90 Å². The maximum Gasteiger partial charge on any atom is 0.243 e. The highest BCUT2D eigenvalue weighted by Gasteiger charge is 2.41. The summed E-state index contributed by atoms with van der Waals surface area (Å²) in [6, 6.07) is 7.68. The zero-order valence-electron chi connectivity index (χ0n) is 17.0. The van der Waals surface area contributed by atoms with Crippen molar-refractivity contribution in [1.29, 1.82) is 0 Å². The van der Waals surface area contributed by atoms with E-state index < -0.39 is 10.0 Å². The summed E-state index contributed by atoms with van der Waals surface area (Å²) in [5.74, 6) is 0. The molecule has 3 heterocycles. The first-order valence-electron chi connectivity index (χ1n) is 10.1. The van der Waals surface area contributed by atoms with Gasteiger partial charge < -0.3 is 10.1 Å². The molecule has 1 atom stereocenters. The maximum absolute atomic E-state index is 12.9. The van der Waals surface area contributed by atoms with Crippen LogP contribution in [0, 0.1) is 6.92 Å². The number of sulfonamides is 1. The van der Waals surface area contributed by atoms with Crippen molar-refractivity contribution in [2.24, 2.45) is 0 Å². The standard InChI is InChI=1S/C20H31N3O3S.2ClH/c1-17-2-4-19(5-3-17)27(24,25)23-13-11-22(12-14-23)18-6-15-26-20(16-18)7-9-21-10-8-20;;/h2-5,18,21H,6-16H2,1H3;2*1H. The van der Waals surface area contributed by atoms with Gasteiger partial charge in [0.1, 0.15) is 0 Å². The molecule has 166 valence electrons. The number of rotatable bonds is 3. The first-order chi connectivity index (χ1) is 13.0. The number of piperidine rings is 1. The number of nitrogens with zero attached hydrogens (tertiary/aromatic N) is 2. The molecule has 4 rings (SSSR count). The van der Waals surface area contributed by atoms with Gasteiger partial charge in [0.15, 0.2) is 0 Å². The fourth-order valence-corrected chi connectivity index (χ4v) is 6.13. The van der Waals surface area contributed by atoms with Gasteiger partial charge in [-0.1, -0.05) is 17.7 Å². The predicted octanol–water partition coefficient (Wildman–Crippen LogP) is 2.45. The van der Waals surface area contributed by atoms with Gasteiger partial charge in [0.2, 0.25) is 10.0 Å². The van der Waals surface area contributed by atoms with Gasteiger partial charge in [-0.2, -0.15) is 4.31 Å². The Morgan fingerprint density at radius 2 is 1.66 bits per heavy atom. The molecule has 0 amide bonds. The van der Waals surface area contributed by atoms with Crippen LogP contribution in [-0.2, 0) is 14.8 Å². The van der Waals surface area contributed by atoms with Crippen molar-refractivity contribution in [3.63, 3.8) is 0 Å². The van der Waals surface area contributed by atoms with E-state index in [0.29, 0.717) is 24.0 Å². The Balaban J connectivity index is 0.00000150. The molecule has 1 unspecified atom stereocenters. The number of halogens is 2. The van der Waals surface area contributed by atoms with Crippen LogP contribution in [0.25, 0.3) is 0 Å². The highest BCUT2D eigenvalue weighted by Crippen LogP contribution is 2.35. The van der Waals surface area contributed by atoms with Crippen molar-refractivity contribution in [3.8, 4) is 0 Å². The average Bonchev–Trinajstić information content (AvgIpc) is 2.69. The third-order valence-electron chi connectivity index (χ3n) is 6.43. The van der Waals surface area contributed by atoms with Crippen LogP contribution < -0.4 is 5.32 Å². The number of piperazine rings is 1. The van der Waals surface area contributed by atoms with Crippen LogP contribution in [0.1, 0.15) is 31.2 Å². The van der Waals surface area contributed by atoms with Gasteiger partial charge in [0.25, 0.3) is 0 Å². The van der Waals surface area contributed by atoms with E-state index in [0.717, 1.165) is 64.0 Å². The van der Waals surface area contributed by atoms with Crippen molar-refractivity contribution >= 4 is 34.8 Å². The SMILES string of the molecule is Cc1ccc(S(=O)(=O)N2CCN(C3CCOC4(CCNCC4)C3)CC2)cc1.Cl.Cl. The summed E-state index contributed by atoms with van der Waals surface area (Å²) in [6.45, 7) is 7.63. The molecule has 1 N–H and O–H groups in total. The normalized spacial score (nSPS) is 25.8. The fraction of sp³-hybridized carbons (Fsp3) is 0.700. The molecular formula is C20H33Cl2N3O3S. The molecule has 3 aliphatic heterocycles. The number of nitrogens with one attached hydrogen (secondary N) is 1. The van der Waals surface area contributed by atoms with Gasteiger partial charge in [0.05, 0.1) is 10.5 Å². The van der Waals surface area contributed by atoms with Crippen LogP contribution in [0.5, 0.6) is 0 Å². The Labute approximate surface area is 187 Å². The largest absolute Gasteiger partial charge is 0.375 e. The molecule has 3 fully saturated rings. The van der Waals surface area contributed by atoms with Gasteiger partial charge in [-0.15, -0.1) is 24.8 Å². The van der Waals surface area contributed by atoms with E-state index in [1.54, 1.807) is 16.4 Å². The lowest BCUT2D eigenvalue weighted by Crippen LogP contribution is -2.57. The highest BCUT2D eigenvalue weighted by molar-refractivity contribution is 7.89. The van der Waals surface area contributed by atoms with E-state index in [-0.39, 0.29) is 30.4 Å². The molecular weight excluding hydrogens is 433 g/mol. The van der Waals surface area contributed by atoms with E-state index in [1.807, 2.05) is 19.1 Å². The maximum atomic E-state index is 12.9. The molecule has 29 heavy (non-hydrogen) atoms. The number of ether oxygens (including phenoxy) is 1. The molecule has 0 bridgehead atoms. The second-order valence-corrected chi connectivity index (χ2v) is 10.1. The fourth-order valence-electron chi connectivity index (χ4n) is 4.71. The predicted molar refractivity (Wildman–Crippen MR) is 120 cm³/mol. The van der Waals surface area contributed by atoms with Gasteiger partial charge >= 0.3 is 0 Å². The minimum Gasteiger partial charge on any atom is -0.375 e. The van der Waals surface area contributed by atoms with E-state index in [4.69, 9.17) is 4.74 Å². The van der Waals surface area contributed by atoms with Crippen LogP contribution in [0.15, 0.2) is 29.2 Å². The zero-order chi connectivity index (χ0) is 18.9. The number of hydrogen-bond donors (Lipinski definition) is 1. The molecule has 3 aliphatic rings. The van der Waals surface area contributed by atoms with Crippen LogP contribution in [-0.4, -0.2) is 75.1 Å². The summed E-state index contributed by atoms with van der Waals surface area (Å²) in [5, 5.41) is 3.43. The van der Waals surface area contributed by atoms with E-state index in [9.17, 15) is 8.42 Å². The molecule has 0 aliphatic carbocycles. The molecule has 0 radical (unpaired) electrons. The van der Waals surface area contributed by atoms with Crippen molar-refractivity contribution in [3.05, 3.63) is 29.8 Å². The molecule has 6 nitrogen and oxygen atoms in total. The quantitative estimate of drug-likeness (QED) is 0.742. The van der Waals surface area contributed by atoms with Crippen LogP contribution in [0.2, 0.25) is 0 Å². The Kier molecular flexibility index (Phi) is 8.80. The summed E-state index contributed by atoms with van der Waals surface area (Å²) in [7, 11) is -3.39. The van der Waals surface area contributed by atoms with Gasteiger partial charge in [0, 0.05) is 38.8 Å². The van der Waals surface area contributed by atoms with E-state index in [2.05, 4.69) is 10.2 Å². The Hall–Kier alpha value is -0.410. The summed E-state index contributed by atoms with van der Waals surface area (Å²) in [6.07, 6.45) is 4.32. The lowest BCUT2D eigenvalue weighted by Gasteiger charge is -2.48. The molecule has 1 aromatic rings. The third kappa shape index (κ3) is 5.45. The summed E-state index contributed by atoms with van der Waals surface area (Å²) >= 11 is 0. The Morgan fingerprint density at radius 1 is 1.03 bits per heavy atom. The minimum absolute atomic E-state index is 0. The summed E-state index contributed by atoms with van der Waals surface area (Å²) in [4.78, 5) is 2.90. The van der Waals surface area contributed by atoms with Crippen molar-refractivity contribution in [1.82, 2.24) is 14.5 Å². The van der Waals surface area contributed by atoms with Crippen LogP contribution in [0.3, 0.4) is 0 Å². The van der Waals surface area contributed by atoms with Gasteiger partial charge in [-0.25, -0.2) is 8.42 Å². The average molecular weight is 466 g/mol. The van der Waals surface area contributed by atoms with E-state index >= 15 is 0 Å². The molecule has 1 aromatic carbocycles. The first-order valence-corrected chi connectivity index (χ1v) is 11.6. The smallest absolute Gasteiger partial charge is 0.243 e. The second kappa shape index (κ2) is 10.3. The van der Waals surface area contributed by atoms with E-state index in [1.165, 1.54) is 0 Å². The Morgan fingerprint density at radius 3 is 2.28 bits per heavy atom. The van der Waals surface area contributed by atoms with Crippen molar-refractivity contribution in [2.75, 3.05) is 45.9 Å². The molecule has 3 saturated heterocycles. The van der Waals surface area contributed by atoms with Crippen LogP contribution in [0.4, 0.5) is 0 Å². The zero-order valence-corrected chi connectivity index (χ0v) is 19.5. The minimum atomic E-state index is -3.39. The number of aryl methyl sites for hydroxylation is 1. The van der Waals surface area contributed by atoms with Crippen molar-refractivity contribution in [2.45, 2.75) is 49.1 Å². The van der Waals surface area contributed by atoms with Gasteiger partial charge in [-0.05, 0) is 57.8 Å². The summed E-state index contributed by atoms with van der Waals surface area (Å²) < 4.78 is 33.7. The number of hydrogen-bond acceptors (Lipinski definition) is 5. The second-order valence-electron chi connectivity index (χ2n) is 8.18. The molecule has 9 heteroatoms. The first kappa shape index (κ1) is 24.9. The Bertz CT molecular complexity index is 741. The third-order valence-corrected chi connectivity index (χ3v) is 8.34.